The molecule has 178 valence electrons. The van der Waals surface area contributed by atoms with Gasteiger partial charge in [-0.25, -0.2) is 13.2 Å². The van der Waals surface area contributed by atoms with Gasteiger partial charge in [-0.05, 0) is 29.8 Å². The third-order valence-corrected chi connectivity index (χ3v) is 7.45. The minimum atomic E-state index is -3.89. The number of hydrogen-bond donors (Lipinski definition) is 1. The Labute approximate surface area is 191 Å². The number of rotatable bonds is 9. The maximum absolute atomic E-state index is 13.6. The van der Waals surface area contributed by atoms with Gasteiger partial charge in [0.15, 0.2) is 17.1 Å². The highest BCUT2D eigenvalue weighted by atomic mass is 32.2. The molecule has 11 heteroatoms. The van der Waals surface area contributed by atoms with Crippen LogP contribution in [0.4, 0.5) is 0 Å². The van der Waals surface area contributed by atoms with Gasteiger partial charge in [0.25, 0.3) is 0 Å². The molecule has 1 aromatic heterocycles. The van der Waals surface area contributed by atoms with E-state index in [0.29, 0.717) is 36.8 Å². The van der Waals surface area contributed by atoms with E-state index in [-0.39, 0.29) is 23.6 Å². The topological polar surface area (TPSA) is 114 Å². The average Bonchev–Trinajstić information content (AvgIpc) is 3.21. The standard InChI is InChI=1S/C22H27N3O7S/c1-29-19-6-3-16(13-21(19)30-2)15-25(8-7-24-9-11-31-12-10-24)33(27,28)17-4-5-18-20(14-17)32-22(26)23-18/h3-6,13-14H,7-12,15H2,1-2H3,(H,23,26). The minimum absolute atomic E-state index is 0.0557. The first-order valence-electron chi connectivity index (χ1n) is 10.5. The van der Waals surface area contributed by atoms with Crippen molar-refractivity contribution < 1.29 is 27.0 Å². The number of fused-ring (bicyclic) bond motifs is 1. The van der Waals surface area contributed by atoms with Crippen LogP contribution in [0, 0.1) is 0 Å². The number of H-pyrrole nitrogens is 1. The molecule has 2 heterocycles. The van der Waals surface area contributed by atoms with E-state index in [1.165, 1.54) is 29.6 Å². The van der Waals surface area contributed by atoms with Gasteiger partial charge in [-0.2, -0.15) is 4.31 Å². The predicted octanol–water partition coefficient (Wildman–Crippen LogP) is 1.66. The first-order chi connectivity index (χ1) is 15.9. The number of aromatic nitrogens is 1. The zero-order valence-electron chi connectivity index (χ0n) is 18.6. The molecule has 0 unspecified atom stereocenters. The number of sulfonamides is 1. The first kappa shape index (κ1) is 23.3. The van der Waals surface area contributed by atoms with Crippen LogP contribution in [-0.2, 0) is 21.3 Å². The smallest absolute Gasteiger partial charge is 0.417 e. The third kappa shape index (κ3) is 5.22. The molecular formula is C22H27N3O7S. The lowest BCUT2D eigenvalue weighted by Crippen LogP contribution is -2.42. The first-order valence-corrected chi connectivity index (χ1v) is 12.0. The molecule has 3 aromatic rings. The van der Waals surface area contributed by atoms with E-state index in [1.807, 2.05) is 6.07 Å². The van der Waals surface area contributed by atoms with E-state index in [9.17, 15) is 13.2 Å². The Morgan fingerprint density at radius 3 is 2.55 bits per heavy atom. The van der Waals surface area contributed by atoms with Crippen molar-refractivity contribution in [3.05, 3.63) is 52.5 Å². The van der Waals surface area contributed by atoms with Crippen LogP contribution in [0.3, 0.4) is 0 Å². The van der Waals surface area contributed by atoms with E-state index < -0.39 is 15.8 Å². The van der Waals surface area contributed by atoms with Gasteiger partial charge in [-0.15, -0.1) is 0 Å². The van der Waals surface area contributed by atoms with Crippen molar-refractivity contribution in [3.63, 3.8) is 0 Å². The Bertz CT molecular complexity index is 1260. The molecule has 1 fully saturated rings. The molecule has 1 N–H and O–H groups in total. The van der Waals surface area contributed by atoms with Gasteiger partial charge in [0.05, 0.1) is 37.8 Å². The SMILES string of the molecule is COc1ccc(CN(CCN2CCOCC2)S(=O)(=O)c2ccc3[nH]c(=O)oc3c2)cc1OC. The number of aromatic amines is 1. The summed E-state index contributed by atoms with van der Waals surface area (Å²) in [5, 5.41) is 0. The Balaban J connectivity index is 1.64. The number of morpholine rings is 1. The fourth-order valence-electron chi connectivity index (χ4n) is 3.78. The summed E-state index contributed by atoms with van der Waals surface area (Å²) < 4.78 is 49.8. The van der Waals surface area contributed by atoms with Crippen molar-refractivity contribution in [3.8, 4) is 11.5 Å². The molecule has 0 saturated carbocycles. The lowest BCUT2D eigenvalue weighted by atomic mass is 10.2. The number of ether oxygens (including phenoxy) is 3. The van der Waals surface area contributed by atoms with Crippen LogP contribution in [0.15, 0.2) is 50.5 Å². The van der Waals surface area contributed by atoms with Gasteiger partial charge in [-0.1, -0.05) is 6.07 Å². The van der Waals surface area contributed by atoms with E-state index in [2.05, 4.69) is 9.88 Å². The lowest BCUT2D eigenvalue weighted by molar-refractivity contribution is 0.0361. The Kier molecular flexibility index (Phi) is 7.03. The summed E-state index contributed by atoms with van der Waals surface area (Å²) in [5.74, 6) is 0.460. The highest BCUT2D eigenvalue weighted by Gasteiger charge is 2.27. The molecule has 0 aliphatic carbocycles. The van der Waals surface area contributed by atoms with Crippen LogP contribution >= 0.6 is 0 Å². The van der Waals surface area contributed by atoms with Crippen LogP contribution in [-0.4, -0.2) is 76.2 Å². The quantitative estimate of drug-likeness (QED) is 0.495. The highest BCUT2D eigenvalue weighted by molar-refractivity contribution is 7.89. The minimum Gasteiger partial charge on any atom is -0.493 e. The molecule has 1 saturated heterocycles. The Morgan fingerprint density at radius 1 is 1.06 bits per heavy atom. The van der Waals surface area contributed by atoms with E-state index in [1.54, 1.807) is 19.2 Å². The molecule has 1 aliphatic rings. The van der Waals surface area contributed by atoms with Crippen LogP contribution in [0.5, 0.6) is 11.5 Å². The summed E-state index contributed by atoms with van der Waals surface area (Å²) in [6.45, 7) is 3.76. The van der Waals surface area contributed by atoms with Crippen LogP contribution in [0.1, 0.15) is 5.56 Å². The van der Waals surface area contributed by atoms with Gasteiger partial charge in [0, 0.05) is 38.8 Å². The fourth-order valence-corrected chi connectivity index (χ4v) is 5.21. The predicted molar refractivity (Wildman–Crippen MR) is 121 cm³/mol. The second-order valence-corrected chi connectivity index (χ2v) is 9.59. The molecule has 0 bridgehead atoms. The summed E-state index contributed by atoms with van der Waals surface area (Å²) in [7, 11) is -0.806. The van der Waals surface area contributed by atoms with Crippen LogP contribution < -0.4 is 15.2 Å². The summed E-state index contributed by atoms with van der Waals surface area (Å²) in [4.78, 5) is 16.2. The lowest BCUT2D eigenvalue weighted by Gasteiger charge is -2.30. The van der Waals surface area contributed by atoms with Gasteiger partial charge in [-0.3, -0.25) is 9.88 Å². The fraction of sp³-hybridized carbons (Fsp3) is 0.409. The molecular weight excluding hydrogens is 450 g/mol. The number of benzene rings is 2. The van der Waals surface area contributed by atoms with E-state index in [0.717, 1.165) is 18.7 Å². The second kappa shape index (κ2) is 9.96. The monoisotopic (exact) mass is 477 g/mol. The molecule has 4 rings (SSSR count). The maximum atomic E-state index is 13.6. The number of nitrogens with zero attached hydrogens (tertiary/aromatic N) is 2. The summed E-state index contributed by atoms with van der Waals surface area (Å²) in [5.41, 5.74) is 1.39. The molecule has 2 aromatic carbocycles. The molecule has 0 radical (unpaired) electrons. The van der Waals surface area contributed by atoms with Gasteiger partial charge in [0.2, 0.25) is 10.0 Å². The zero-order chi connectivity index (χ0) is 23.4. The summed E-state index contributed by atoms with van der Waals surface area (Å²) >= 11 is 0. The van der Waals surface area contributed by atoms with Gasteiger partial charge in [0.1, 0.15) is 0 Å². The number of nitrogens with one attached hydrogen (secondary N) is 1. The molecule has 1 aliphatic heterocycles. The summed E-state index contributed by atoms with van der Waals surface area (Å²) in [6, 6.07) is 9.71. The van der Waals surface area contributed by atoms with Crippen molar-refractivity contribution in [2.45, 2.75) is 11.4 Å². The molecule has 33 heavy (non-hydrogen) atoms. The van der Waals surface area contributed by atoms with Crippen molar-refractivity contribution in [1.29, 1.82) is 0 Å². The largest absolute Gasteiger partial charge is 0.493 e. The Hall–Kier alpha value is -2.86. The number of hydrogen-bond acceptors (Lipinski definition) is 8. The van der Waals surface area contributed by atoms with Crippen molar-refractivity contribution in [2.75, 3.05) is 53.6 Å². The van der Waals surface area contributed by atoms with Crippen molar-refractivity contribution >= 4 is 21.1 Å². The second-order valence-electron chi connectivity index (χ2n) is 7.65. The van der Waals surface area contributed by atoms with Crippen molar-refractivity contribution in [1.82, 2.24) is 14.2 Å². The van der Waals surface area contributed by atoms with Crippen LogP contribution in [0.25, 0.3) is 11.1 Å². The zero-order valence-corrected chi connectivity index (χ0v) is 19.4. The normalized spacial score (nSPS) is 15.2. The van der Waals surface area contributed by atoms with Gasteiger partial charge >= 0.3 is 5.76 Å². The van der Waals surface area contributed by atoms with E-state index in [4.69, 9.17) is 18.6 Å². The molecule has 10 nitrogen and oxygen atoms in total. The van der Waals surface area contributed by atoms with E-state index >= 15 is 0 Å². The molecule has 0 atom stereocenters. The molecule has 0 spiro atoms. The number of methoxy groups -OCH3 is 2. The van der Waals surface area contributed by atoms with Gasteiger partial charge < -0.3 is 18.6 Å². The summed E-state index contributed by atoms with van der Waals surface area (Å²) in [6.07, 6.45) is 0. The average molecular weight is 478 g/mol. The highest BCUT2D eigenvalue weighted by Crippen LogP contribution is 2.29. The third-order valence-electron chi connectivity index (χ3n) is 5.61. The molecule has 0 amide bonds. The Morgan fingerprint density at radius 2 is 1.82 bits per heavy atom. The maximum Gasteiger partial charge on any atom is 0.417 e. The van der Waals surface area contributed by atoms with Crippen LogP contribution in [0.2, 0.25) is 0 Å². The number of oxazole rings is 1. The van der Waals surface area contributed by atoms with Crippen molar-refractivity contribution in [2.24, 2.45) is 0 Å².